The van der Waals surface area contributed by atoms with Crippen molar-refractivity contribution in [1.29, 1.82) is 0 Å². The van der Waals surface area contributed by atoms with Crippen LogP contribution >= 0.6 is 11.6 Å². The highest BCUT2D eigenvalue weighted by atomic mass is 35.5. The Morgan fingerprint density at radius 2 is 2.00 bits per heavy atom. The molecule has 4 rings (SSSR count). The van der Waals surface area contributed by atoms with Crippen molar-refractivity contribution in [2.75, 3.05) is 11.4 Å². The second-order valence-electron chi connectivity index (χ2n) is 8.55. The maximum absolute atomic E-state index is 14.3. The molecule has 3 atom stereocenters. The molecule has 0 radical (unpaired) electrons. The van der Waals surface area contributed by atoms with Gasteiger partial charge in [0.2, 0.25) is 5.91 Å². The van der Waals surface area contributed by atoms with Gasteiger partial charge in [-0.15, -0.1) is 0 Å². The molecular formula is C25H26ClFN2O3. The molecule has 1 aliphatic carbocycles. The van der Waals surface area contributed by atoms with Gasteiger partial charge in [-0.2, -0.15) is 0 Å². The highest BCUT2D eigenvalue weighted by Gasteiger charge is 2.34. The van der Waals surface area contributed by atoms with Crippen LogP contribution in [-0.4, -0.2) is 24.4 Å². The molecule has 1 aliphatic heterocycles. The van der Waals surface area contributed by atoms with E-state index in [4.69, 9.17) is 16.3 Å². The van der Waals surface area contributed by atoms with Crippen LogP contribution in [-0.2, 0) is 9.59 Å². The number of amides is 2. The van der Waals surface area contributed by atoms with E-state index < -0.39 is 11.7 Å². The van der Waals surface area contributed by atoms with E-state index in [2.05, 4.69) is 19.2 Å². The fraction of sp³-hybridized carbons (Fsp3) is 0.360. The number of hydrogen-bond donors (Lipinski definition) is 1. The van der Waals surface area contributed by atoms with Crippen LogP contribution in [0.1, 0.15) is 38.7 Å². The Hall–Kier alpha value is -2.86. The lowest BCUT2D eigenvalue weighted by molar-refractivity contribution is -0.124. The van der Waals surface area contributed by atoms with Gasteiger partial charge in [0.1, 0.15) is 12.4 Å². The standard InChI is InChI=1S/C25H26ClFN2O3/c1-15-7-5-10-20(16(15)2)28-24(30)14-29-21-11-3-4-12-22(21)32-23(25(29)31)13-17-18(26)8-6-9-19(17)27/h3-4,6,8-9,11-13,15-16,20H,5,7,10,14H2,1-2H3,(H,28,30)/b23-13-/t15-,16+,20+/m1/s1. The molecule has 32 heavy (non-hydrogen) atoms. The number of carbonyl (C=O) groups excluding carboxylic acids is 2. The number of benzene rings is 2. The van der Waals surface area contributed by atoms with Gasteiger partial charge in [0, 0.05) is 11.6 Å². The fourth-order valence-corrected chi connectivity index (χ4v) is 4.60. The van der Waals surface area contributed by atoms with Crippen LogP contribution in [0.25, 0.3) is 6.08 Å². The van der Waals surface area contributed by atoms with Gasteiger partial charge in [-0.1, -0.05) is 56.5 Å². The molecule has 2 aromatic carbocycles. The van der Waals surface area contributed by atoms with Crippen molar-refractivity contribution in [2.45, 2.75) is 39.2 Å². The zero-order chi connectivity index (χ0) is 22.8. The third-order valence-corrected chi connectivity index (χ3v) is 6.79. The zero-order valence-electron chi connectivity index (χ0n) is 18.1. The van der Waals surface area contributed by atoms with E-state index in [9.17, 15) is 14.0 Å². The van der Waals surface area contributed by atoms with E-state index in [1.807, 2.05) is 0 Å². The van der Waals surface area contributed by atoms with Gasteiger partial charge in [0.15, 0.2) is 11.5 Å². The summed E-state index contributed by atoms with van der Waals surface area (Å²) in [6.45, 7) is 4.21. The summed E-state index contributed by atoms with van der Waals surface area (Å²) in [6, 6.07) is 11.3. The van der Waals surface area contributed by atoms with Crippen molar-refractivity contribution in [2.24, 2.45) is 11.8 Å². The maximum atomic E-state index is 14.3. The number of halogens is 2. The van der Waals surface area contributed by atoms with Gasteiger partial charge in [-0.05, 0) is 48.6 Å². The number of hydrogen-bond acceptors (Lipinski definition) is 3. The van der Waals surface area contributed by atoms with E-state index in [1.54, 1.807) is 24.3 Å². The predicted molar refractivity (Wildman–Crippen MR) is 123 cm³/mol. The van der Waals surface area contributed by atoms with Crippen LogP contribution in [0.5, 0.6) is 5.75 Å². The summed E-state index contributed by atoms with van der Waals surface area (Å²) < 4.78 is 20.1. The summed E-state index contributed by atoms with van der Waals surface area (Å²) in [5.74, 6) is -0.0854. The largest absolute Gasteiger partial charge is 0.449 e. The number of ether oxygens (including phenoxy) is 1. The lowest BCUT2D eigenvalue weighted by atomic mass is 9.78. The van der Waals surface area contributed by atoms with Crippen LogP contribution in [0.3, 0.4) is 0 Å². The summed E-state index contributed by atoms with van der Waals surface area (Å²) >= 11 is 6.12. The van der Waals surface area contributed by atoms with Crippen LogP contribution in [0, 0.1) is 17.7 Å². The van der Waals surface area contributed by atoms with Crippen LogP contribution in [0.4, 0.5) is 10.1 Å². The van der Waals surface area contributed by atoms with E-state index in [1.165, 1.54) is 29.2 Å². The number of anilines is 1. The number of fused-ring (bicyclic) bond motifs is 1. The summed E-state index contributed by atoms with van der Waals surface area (Å²) in [5.41, 5.74) is 0.556. The van der Waals surface area contributed by atoms with E-state index in [0.29, 0.717) is 23.3 Å². The average molecular weight is 457 g/mol. The molecule has 0 aromatic heterocycles. The molecule has 2 aromatic rings. The monoisotopic (exact) mass is 456 g/mol. The molecule has 0 spiro atoms. The SMILES string of the molecule is C[C@H]1[C@H](C)CCC[C@@H]1NC(=O)CN1C(=O)/C(=C/c2c(F)cccc2Cl)Oc2ccccc21. The third-order valence-electron chi connectivity index (χ3n) is 6.46. The van der Waals surface area contributed by atoms with Crippen molar-refractivity contribution < 1.29 is 18.7 Å². The second kappa shape index (κ2) is 9.33. The molecule has 2 amide bonds. The number of carbonyl (C=O) groups is 2. The molecule has 0 saturated heterocycles. The molecule has 0 bridgehead atoms. The summed E-state index contributed by atoms with van der Waals surface area (Å²) in [7, 11) is 0. The molecule has 7 heteroatoms. The molecule has 1 fully saturated rings. The molecule has 5 nitrogen and oxygen atoms in total. The Kier molecular flexibility index (Phi) is 6.51. The molecule has 1 saturated carbocycles. The van der Waals surface area contributed by atoms with E-state index >= 15 is 0 Å². The first kappa shape index (κ1) is 22.3. The molecule has 1 N–H and O–H groups in total. The van der Waals surface area contributed by atoms with Crippen molar-refractivity contribution >= 4 is 35.2 Å². The maximum Gasteiger partial charge on any atom is 0.294 e. The molecule has 0 unspecified atom stereocenters. The lowest BCUT2D eigenvalue weighted by Gasteiger charge is -2.35. The summed E-state index contributed by atoms with van der Waals surface area (Å²) in [4.78, 5) is 27.5. The Morgan fingerprint density at radius 3 is 2.78 bits per heavy atom. The number of nitrogens with zero attached hydrogens (tertiary/aromatic N) is 1. The molecule has 168 valence electrons. The van der Waals surface area contributed by atoms with E-state index in [-0.39, 0.29) is 34.8 Å². The van der Waals surface area contributed by atoms with Crippen molar-refractivity contribution in [3.63, 3.8) is 0 Å². The smallest absolute Gasteiger partial charge is 0.294 e. The van der Waals surface area contributed by atoms with Crippen LogP contribution in [0.2, 0.25) is 5.02 Å². The lowest BCUT2D eigenvalue weighted by Crippen LogP contribution is -2.49. The van der Waals surface area contributed by atoms with Gasteiger partial charge >= 0.3 is 0 Å². The van der Waals surface area contributed by atoms with Crippen LogP contribution < -0.4 is 15.0 Å². The quantitative estimate of drug-likeness (QED) is 0.644. The first-order valence-electron chi connectivity index (χ1n) is 10.9. The highest BCUT2D eigenvalue weighted by molar-refractivity contribution is 6.32. The first-order valence-corrected chi connectivity index (χ1v) is 11.3. The van der Waals surface area contributed by atoms with Crippen molar-refractivity contribution in [3.05, 3.63) is 64.6 Å². The third kappa shape index (κ3) is 4.51. The highest BCUT2D eigenvalue weighted by Crippen LogP contribution is 2.36. The molecule has 1 heterocycles. The van der Waals surface area contributed by atoms with Gasteiger partial charge in [-0.3, -0.25) is 14.5 Å². The number of para-hydroxylation sites is 2. The minimum Gasteiger partial charge on any atom is -0.449 e. The van der Waals surface area contributed by atoms with Crippen molar-refractivity contribution in [1.82, 2.24) is 5.32 Å². The summed E-state index contributed by atoms with van der Waals surface area (Å²) in [5, 5.41) is 3.27. The number of rotatable bonds is 4. The normalized spacial score (nSPS) is 24.1. The fourth-order valence-electron chi connectivity index (χ4n) is 4.38. The first-order chi connectivity index (χ1) is 15.3. The Morgan fingerprint density at radius 1 is 1.22 bits per heavy atom. The minimum absolute atomic E-state index is 0.0614. The molecule has 2 aliphatic rings. The van der Waals surface area contributed by atoms with Crippen LogP contribution in [0.15, 0.2) is 48.2 Å². The van der Waals surface area contributed by atoms with Gasteiger partial charge in [-0.25, -0.2) is 4.39 Å². The Bertz CT molecular complexity index is 1050. The topological polar surface area (TPSA) is 58.6 Å². The van der Waals surface area contributed by atoms with Gasteiger partial charge in [0.05, 0.1) is 10.7 Å². The zero-order valence-corrected chi connectivity index (χ0v) is 18.9. The average Bonchev–Trinajstić information content (AvgIpc) is 2.76. The second-order valence-corrected chi connectivity index (χ2v) is 8.95. The van der Waals surface area contributed by atoms with Gasteiger partial charge in [0.25, 0.3) is 5.91 Å². The minimum atomic E-state index is -0.565. The van der Waals surface area contributed by atoms with Crippen molar-refractivity contribution in [3.8, 4) is 5.75 Å². The Balaban J connectivity index is 1.60. The molecular weight excluding hydrogens is 431 g/mol. The number of nitrogens with one attached hydrogen (secondary N) is 1. The van der Waals surface area contributed by atoms with E-state index in [0.717, 1.165) is 19.3 Å². The predicted octanol–water partition coefficient (Wildman–Crippen LogP) is 5.19. The van der Waals surface area contributed by atoms with Gasteiger partial charge < -0.3 is 10.1 Å². The Labute approximate surface area is 192 Å². The summed E-state index contributed by atoms with van der Waals surface area (Å²) in [6.07, 6.45) is 4.45.